The molecular weight excluding hydrogens is 282 g/mol. The second-order valence-corrected chi connectivity index (χ2v) is 5.90. The third kappa shape index (κ3) is 3.79. The van der Waals surface area contributed by atoms with Crippen LogP contribution in [0.1, 0.15) is 18.9 Å². The molecule has 78 valence electrons. The molecule has 1 unspecified atom stereocenters. The zero-order chi connectivity index (χ0) is 10.6. The second-order valence-electron chi connectivity index (χ2n) is 3.18. The van der Waals surface area contributed by atoms with E-state index in [0.717, 1.165) is 15.9 Å². The van der Waals surface area contributed by atoms with E-state index in [1.165, 1.54) is 5.56 Å². The van der Waals surface area contributed by atoms with Crippen LogP contribution >= 0.6 is 39.3 Å². The van der Waals surface area contributed by atoms with Crippen LogP contribution in [0.25, 0.3) is 0 Å². The van der Waals surface area contributed by atoms with E-state index in [4.69, 9.17) is 11.6 Å². The summed E-state index contributed by atoms with van der Waals surface area (Å²) in [6.45, 7) is 4.25. The molecule has 0 spiro atoms. The molecule has 14 heavy (non-hydrogen) atoms. The summed E-state index contributed by atoms with van der Waals surface area (Å²) in [4.78, 5) is 4.37. The number of hydrogen-bond acceptors (Lipinski definition) is 2. The van der Waals surface area contributed by atoms with Crippen molar-refractivity contribution in [2.75, 3.05) is 5.88 Å². The lowest BCUT2D eigenvalue weighted by molar-refractivity contribution is 0.904. The highest BCUT2D eigenvalue weighted by Crippen LogP contribution is 2.27. The maximum atomic E-state index is 5.69. The molecule has 0 radical (unpaired) electrons. The minimum atomic E-state index is 0.528. The van der Waals surface area contributed by atoms with Gasteiger partial charge in [-0.1, -0.05) is 6.92 Å². The third-order valence-electron chi connectivity index (χ3n) is 1.83. The molecule has 0 fully saturated rings. The standard InChI is InChI=1S/C10H13BrClNS/c1-7-5-9(11)6-13-10(7)14-8(2)3-4-12/h5-6,8H,3-4H2,1-2H3. The Bertz CT molecular complexity index is 306. The highest BCUT2D eigenvalue weighted by Gasteiger charge is 2.07. The lowest BCUT2D eigenvalue weighted by Gasteiger charge is -2.10. The highest BCUT2D eigenvalue weighted by atomic mass is 79.9. The number of hydrogen-bond donors (Lipinski definition) is 0. The largest absolute Gasteiger partial charge is 0.248 e. The van der Waals surface area contributed by atoms with Crippen LogP contribution in [0.4, 0.5) is 0 Å². The predicted octanol–water partition coefficient (Wildman–Crippen LogP) is 4.26. The van der Waals surface area contributed by atoms with E-state index in [9.17, 15) is 0 Å². The predicted molar refractivity (Wildman–Crippen MR) is 67.3 cm³/mol. The Morgan fingerprint density at radius 2 is 2.36 bits per heavy atom. The van der Waals surface area contributed by atoms with Gasteiger partial charge in [-0.3, -0.25) is 0 Å². The van der Waals surface area contributed by atoms with Crippen molar-refractivity contribution in [1.82, 2.24) is 4.98 Å². The SMILES string of the molecule is Cc1cc(Br)cnc1SC(C)CCCl. The summed E-state index contributed by atoms with van der Waals surface area (Å²) in [6, 6.07) is 2.09. The Labute approximate surface area is 103 Å². The molecule has 0 aliphatic carbocycles. The molecule has 0 aromatic carbocycles. The van der Waals surface area contributed by atoms with Crippen molar-refractivity contribution >= 4 is 39.3 Å². The monoisotopic (exact) mass is 293 g/mol. The van der Waals surface area contributed by atoms with Gasteiger partial charge in [0.2, 0.25) is 0 Å². The van der Waals surface area contributed by atoms with Crippen LogP contribution in [0, 0.1) is 6.92 Å². The summed E-state index contributed by atoms with van der Waals surface area (Å²) >= 11 is 10.9. The third-order valence-corrected chi connectivity index (χ3v) is 3.77. The molecule has 0 amide bonds. The van der Waals surface area contributed by atoms with E-state index in [1.54, 1.807) is 11.8 Å². The van der Waals surface area contributed by atoms with Crippen LogP contribution in [0.2, 0.25) is 0 Å². The van der Waals surface area contributed by atoms with E-state index in [0.29, 0.717) is 11.1 Å². The average molecular weight is 295 g/mol. The first-order chi connectivity index (χ1) is 6.63. The first-order valence-corrected chi connectivity index (χ1v) is 6.69. The van der Waals surface area contributed by atoms with Gasteiger partial charge in [-0.2, -0.15) is 0 Å². The maximum absolute atomic E-state index is 5.69. The van der Waals surface area contributed by atoms with Crippen molar-refractivity contribution in [2.24, 2.45) is 0 Å². The molecule has 1 rings (SSSR count). The number of rotatable bonds is 4. The van der Waals surface area contributed by atoms with E-state index in [-0.39, 0.29) is 0 Å². The van der Waals surface area contributed by atoms with Gasteiger partial charge in [0.1, 0.15) is 0 Å². The van der Waals surface area contributed by atoms with Crippen LogP contribution in [-0.2, 0) is 0 Å². The summed E-state index contributed by atoms with van der Waals surface area (Å²) in [7, 11) is 0. The van der Waals surface area contributed by atoms with Gasteiger partial charge in [-0.25, -0.2) is 4.98 Å². The number of thioether (sulfide) groups is 1. The van der Waals surface area contributed by atoms with Gasteiger partial charge in [0.25, 0.3) is 0 Å². The molecule has 0 saturated heterocycles. The molecule has 1 atom stereocenters. The number of nitrogens with zero attached hydrogens (tertiary/aromatic N) is 1. The molecule has 0 bridgehead atoms. The van der Waals surface area contributed by atoms with Crippen molar-refractivity contribution in [3.8, 4) is 0 Å². The maximum Gasteiger partial charge on any atom is 0.0992 e. The van der Waals surface area contributed by atoms with Gasteiger partial charge in [-0.05, 0) is 40.9 Å². The summed E-state index contributed by atoms with van der Waals surface area (Å²) < 4.78 is 1.03. The lowest BCUT2D eigenvalue weighted by atomic mass is 10.3. The topological polar surface area (TPSA) is 12.9 Å². The van der Waals surface area contributed by atoms with E-state index < -0.39 is 0 Å². The molecule has 0 saturated carbocycles. The van der Waals surface area contributed by atoms with E-state index >= 15 is 0 Å². The molecular formula is C10H13BrClNS. The summed E-state index contributed by atoms with van der Waals surface area (Å²) in [5, 5.41) is 1.63. The number of pyridine rings is 1. The van der Waals surface area contributed by atoms with Gasteiger partial charge in [0.05, 0.1) is 5.03 Å². The molecule has 4 heteroatoms. The summed E-state index contributed by atoms with van der Waals surface area (Å²) in [5.74, 6) is 0.712. The van der Waals surface area contributed by atoms with E-state index in [2.05, 4.69) is 40.8 Å². The van der Waals surface area contributed by atoms with Crippen LogP contribution in [0.3, 0.4) is 0 Å². The Balaban J connectivity index is 2.67. The first kappa shape index (κ1) is 12.3. The number of aromatic nitrogens is 1. The Morgan fingerprint density at radius 3 is 2.93 bits per heavy atom. The summed E-state index contributed by atoms with van der Waals surface area (Å²) in [5.41, 5.74) is 1.21. The minimum Gasteiger partial charge on any atom is -0.248 e. The van der Waals surface area contributed by atoms with Gasteiger partial charge in [0.15, 0.2) is 0 Å². The molecule has 0 N–H and O–H groups in total. The average Bonchev–Trinajstić information content (AvgIpc) is 2.10. The molecule has 0 aliphatic heterocycles. The van der Waals surface area contributed by atoms with Crippen molar-refractivity contribution in [1.29, 1.82) is 0 Å². The summed E-state index contributed by atoms with van der Waals surface area (Å²) in [6.07, 6.45) is 2.85. The van der Waals surface area contributed by atoms with Crippen molar-refractivity contribution in [3.05, 3.63) is 22.3 Å². The molecule has 0 aliphatic rings. The van der Waals surface area contributed by atoms with Gasteiger partial charge in [-0.15, -0.1) is 23.4 Å². The van der Waals surface area contributed by atoms with Crippen LogP contribution in [0.5, 0.6) is 0 Å². The second kappa shape index (κ2) is 5.99. The Kier molecular flexibility index (Phi) is 5.28. The van der Waals surface area contributed by atoms with Gasteiger partial charge in [0, 0.05) is 21.8 Å². The van der Waals surface area contributed by atoms with E-state index in [1.807, 2.05) is 6.20 Å². The van der Waals surface area contributed by atoms with Crippen LogP contribution in [0.15, 0.2) is 21.8 Å². The van der Waals surface area contributed by atoms with Gasteiger partial charge < -0.3 is 0 Å². The smallest absolute Gasteiger partial charge is 0.0992 e. The molecule has 1 aromatic rings. The number of alkyl halides is 1. The quantitative estimate of drug-likeness (QED) is 0.608. The number of halogens is 2. The minimum absolute atomic E-state index is 0.528. The van der Waals surface area contributed by atoms with Crippen molar-refractivity contribution in [3.63, 3.8) is 0 Å². The molecule has 1 heterocycles. The Hall–Kier alpha value is 0.270. The highest BCUT2D eigenvalue weighted by molar-refractivity contribution is 9.10. The van der Waals surface area contributed by atoms with Crippen LogP contribution in [-0.4, -0.2) is 16.1 Å². The number of aryl methyl sites for hydroxylation is 1. The van der Waals surface area contributed by atoms with Gasteiger partial charge >= 0.3 is 0 Å². The fraction of sp³-hybridized carbons (Fsp3) is 0.500. The normalized spacial score (nSPS) is 12.9. The Morgan fingerprint density at radius 1 is 1.64 bits per heavy atom. The zero-order valence-electron chi connectivity index (χ0n) is 8.26. The van der Waals surface area contributed by atoms with Crippen LogP contribution < -0.4 is 0 Å². The van der Waals surface area contributed by atoms with Crippen molar-refractivity contribution < 1.29 is 0 Å². The molecule has 1 aromatic heterocycles. The fourth-order valence-corrected chi connectivity index (χ4v) is 2.93. The first-order valence-electron chi connectivity index (χ1n) is 4.48. The lowest BCUT2D eigenvalue weighted by Crippen LogP contribution is -1.98. The molecule has 1 nitrogen and oxygen atoms in total. The fourth-order valence-electron chi connectivity index (χ4n) is 1.05. The van der Waals surface area contributed by atoms with Crippen molar-refractivity contribution in [2.45, 2.75) is 30.5 Å². The zero-order valence-corrected chi connectivity index (χ0v) is 11.4.